The van der Waals surface area contributed by atoms with Crippen molar-refractivity contribution in [3.63, 3.8) is 0 Å². The molecule has 0 unspecified atom stereocenters. The van der Waals surface area contributed by atoms with Crippen LogP contribution in [-0.2, 0) is 10.0 Å². The maximum absolute atomic E-state index is 13.9. The fraction of sp³-hybridized carbons (Fsp3) is 0.632. The molecular weight excluding hydrogens is 468 g/mol. The average molecular weight is 493 g/mol. The van der Waals surface area contributed by atoms with Crippen molar-refractivity contribution < 1.29 is 49.0 Å². The molecule has 1 aromatic rings. The van der Waals surface area contributed by atoms with Crippen molar-refractivity contribution in [2.75, 3.05) is 0 Å². The Labute approximate surface area is 182 Å². The average Bonchev–Trinajstić information content (AvgIpc) is 2.49. The lowest BCUT2D eigenvalue weighted by Crippen LogP contribution is -2.60. The van der Waals surface area contributed by atoms with Crippen molar-refractivity contribution in [3.8, 4) is 11.5 Å². The summed E-state index contributed by atoms with van der Waals surface area (Å²) in [7, 11) is -6.59. The maximum Gasteiger partial charge on any atom is 0.431 e. The molecule has 0 saturated heterocycles. The standard InChI is InChI=1S/C19H25F6NO5S/c1-15(2,3)30-12-8-11(9-13(10-12)31-16(4,5)6)14(27)26-32(28,29)19(24,25)18(22,23)17(7,20)21/h8-10H,1-7H3,(H,26,27). The summed E-state index contributed by atoms with van der Waals surface area (Å²) in [6.07, 6.45) is 0. The van der Waals surface area contributed by atoms with Crippen molar-refractivity contribution in [1.29, 1.82) is 0 Å². The predicted octanol–water partition coefficient (Wildman–Crippen LogP) is 4.98. The van der Waals surface area contributed by atoms with Gasteiger partial charge in [0.25, 0.3) is 5.91 Å². The number of benzene rings is 1. The molecule has 0 aliphatic carbocycles. The van der Waals surface area contributed by atoms with Crippen LogP contribution in [0.2, 0.25) is 0 Å². The first-order valence-corrected chi connectivity index (χ1v) is 10.6. The molecule has 0 bridgehead atoms. The number of carbonyl (C=O) groups excluding carboxylic acids is 1. The summed E-state index contributed by atoms with van der Waals surface area (Å²) in [5.41, 5.74) is -2.22. The maximum atomic E-state index is 13.9. The topological polar surface area (TPSA) is 81.7 Å². The van der Waals surface area contributed by atoms with E-state index >= 15 is 0 Å². The van der Waals surface area contributed by atoms with Crippen molar-refractivity contribution in [3.05, 3.63) is 23.8 Å². The SMILES string of the molecule is CC(C)(C)Oc1cc(OC(C)(C)C)cc(C(=O)NS(=O)(=O)C(F)(F)C(F)(F)C(C)(F)F)c1. The van der Waals surface area contributed by atoms with Crippen LogP contribution in [0.1, 0.15) is 58.8 Å². The van der Waals surface area contributed by atoms with E-state index in [9.17, 15) is 39.6 Å². The van der Waals surface area contributed by atoms with Gasteiger partial charge in [-0.15, -0.1) is 0 Å². The summed E-state index contributed by atoms with van der Waals surface area (Å²) < 4.78 is 116. The number of ether oxygens (including phenoxy) is 2. The summed E-state index contributed by atoms with van der Waals surface area (Å²) in [6, 6.07) is 3.24. The van der Waals surface area contributed by atoms with Gasteiger partial charge in [0.15, 0.2) is 0 Å². The third-order valence-electron chi connectivity index (χ3n) is 3.47. The molecule has 1 rings (SSSR count). The fourth-order valence-electron chi connectivity index (χ4n) is 2.20. The van der Waals surface area contributed by atoms with Gasteiger partial charge in [-0.25, -0.2) is 4.72 Å². The largest absolute Gasteiger partial charge is 0.488 e. The van der Waals surface area contributed by atoms with E-state index in [4.69, 9.17) is 9.47 Å². The Morgan fingerprint density at radius 3 is 1.47 bits per heavy atom. The Morgan fingerprint density at radius 2 is 1.16 bits per heavy atom. The van der Waals surface area contributed by atoms with E-state index in [2.05, 4.69) is 0 Å². The third-order valence-corrected chi connectivity index (χ3v) is 4.86. The van der Waals surface area contributed by atoms with Crippen molar-refractivity contribution in [2.45, 2.75) is 76.8 Å². The highest BCUT2D eigenvalue weighted by molar-refractivity contribution is 7.91. The number of nitrogens with one attached hydrogen (secondary N) is 1. The molecule has 1 N–H and O–H groups in total. The van der Waals surface area contributed by atoms with E-state index in [-0.39, 0.29) is 11.5 Å². The first-order chi connectivity index (χ1) is 13.9. The number of rotatable bonds is 7. The lowest BCUT2D eigenvalue weighted by molar-refractivity contribution is -0.271. The van der Waals surface area contributed by atoms with Gasteiger partial charge in [0, 0.05) is 18.6 Å². The van der Waals surface area contributed by atoms with Crippen molar-refractivity contribution >= 4 is 15.9 Å². The van der Waals surface area contributed by atoms with Gasteiger partial charge in [-0.2, -0.15) is 34.8 Å². The lowest BCUT2D eigenvalue weighted by Gasteiger charge is -2.30. The van der Waals surface area contributed by atoms with E-state index in [1.165, 1.54) is 6.07 Å². The zero-order valence-electron chi connectivity index (χ0n) is 18.4. The number of hydrogen-bond donors (Lipinski definition) is 1. The minimum Gasteiger partial charge on any atom is -0.488 e. The zero-order chi connectivity index (χ0) is 25.6. The molecule has 1 amide bonds. The van der Waals surface area contributed by atoms with E-state index in [0.29, 0.717) is 0 Å². The number of carbonyl (C=O) groups is 1. The Morgan fingerprint density at radius 1 is 0.781 bits per heavy atom. The van der Waals surface area contributed by atoms with E-state index < -0.39 is 56.7 Å². The van der Waals surface area contributed by atoms with Crippen LogP contribution in [0.25, 0.3) is 0 Å². The molecule has 13 heteroatoms. The van der Waals surface area contributed by atoms with Gasteiger partial charge >= 0.3 is 27.1 Å². The van der Waals surface area contributed by atoms with Gasteiger partial charge in [0.2, 0.25) is 0 Å². The van der Waals surface area contributed by atoms with Crippen molar-refractivity contribution in [1.82, 2.24) is 4.72 Å². The van der Waals surface area contributed by atoms with E-state index in [1.807, 2.05) is 0 Å². The Hall–Kier alpha value is -2.18. The first kappa shape index (κ1) is 27.9. The van der Waals surface area contributed by atoms with Gasteiger partial charge in [-0.3, -0.25) is 4.79 Å². The smallest absolute Gasteiger partial charge is 0.431 e. The first-order valence-electron chi connectivity index (χ1n) is 9.13. The Kier molecular flexibility index (Phi) is 7.23. The lowest BCUT2D eigenvalue weighted by atomic mass is 10.1. The summed E-state index contributed by atoms with van der Waals surface area (Å²) in [5, 5.41) is -6.31. The second-order valence-electron chi connectivity index (χ2n) is 9.04. The molecule has 0 aliphatic heterocycles. The minimum atomic E-state index is -6.59. The molecule has 0 fully saturated rings. The highest BCUT2D eigenvalue weighted by Gasteiger charge is 2.76. The molecule has 1 aromatic carbocycles. The highest BCUT2D eigenvalue weighted by atomic mass is 32.2. The molecule has 0 spiro atoms. The van der Waals surface area contributed by atoms with Crippen molar-refractivity contribution in [2.24, 2.45) is 0 Å². The molecule has 6 nitrogen and oxygen atoms in total. The molecular formula is C19H25F6NO5S. The van der Waals surface area contributed by atoms with E-state index in [1.54, 1.807) is 41.5 Å². The van der Waals surface area contributed by atoms with Gasteiger partial charge in [-0.1, -0.05) is 0 Å². The van der Waals surface area contributed by atoms with Crippen LogP contribution in [0.3, 0.4) is 0 Å². The van der Waals surface area contributed by atoms with Crippen LogP contribution >= 0.6 is 0 Å². The van der Waals surface area contributed by atoms with Gasteiger partial charge < -0.3 is 9.47 Å². The van der Waals surface area contributed by atoms with Gasteiger partial charge in [0.05, 0.1) is 0 Å². The predicted molar refractivity (Wildman–Crippen MR) is 104 cm³/mol. The number of alkyl halides is 6. The van der Waals surface area contributed by atoms with Crippen LogP contribution in [-0.4, -0.2) is 42.6 Å². The zero-order valence-corrected chi connectivity index (χ0v) is 19.3. The van der Waals surface area contributed by atoms with E-state index in [0.717, 1.165) is 16.9 Å². The number of halogens is 6. The summed E-state index contributed by atoms with van der Waals surface area (Å²) in [6.45, 7) is 9.28. The number of amides is 1. The normalized spacial score (nSPS) is 14.2. The summed E-state index contributed by atoms with van der Waals surface area (Å²) in [4.78, 5) is 12.4. The number of sulfonamides is 1. The quantitative estimate of drug-likeness (QED) is 0.542. The van der Waals surface area contributed by atoms with Gasteiger partial charge in [0.1, 0.15) is 22.7 Å². The Bertz CT molecular complexity index is 926. The second-order valence-corrected chi connectivity index (χ2v) is 10.8. The molecule has 184 valence electrons. The highest BCUT2D eigenvalue weighted by Crippen LogP contribution is 2.47. The third kappa shape index (κ3) is 6.42. The molecule has 0 saturated carbocycles. The molecule has 0 radical (unpaired) electrons. The van der Waals surface area contributed by atoms with Crippen LogP contribution < -0.4 is 14.2 Å². The van der Waals surface area contributed by atoms with Crippen LogP contribution in [0.15, 0.2) is 18.2 Å². The Balaban J connectivity index is 3.42. The second kappa shape index (κ2) is 8.31. The fourth-order valence-corrected chi connectivity index (χ4v) is 3.20. The van der Waals surface area contributed by atoms with Crippen LogP contribution in [0.5, 0.6) is 11.5 Å². The molecule has 0 atom stereocenters. The molecule has 0 aromatic heterocycles. The monoisotopic (exact) mass is 493 g/mol. The number of hydrogen-bond acceptors (Lipinski definition) is 5. The molecule has 32 heavy (non-hydrogen) atoms. The molecule has 0 heterocycles. The van der Waals surface area contributed by atoms with Gasteiger partial charge in [-0.05, 0) is 53.7 Å². The molecule has 0 aliphatic rings. The summed E-state index contributed by atoms with van der Waals surface area (Å²) in [5.74, 6) is -13.5. The van der Waals surface area contributed by atoms with Crippen LogP contribution in [0.4, 0.5) is 26.3 Å². The summed E-state index contributed by atoms with van der Waals surface area (Å²) >= 11 is 0. The minimum absolute atomic E-state index is 0.0287. The van der Waals surface area contributed by atoms with Crippen LogP contribution in [0, 0.1) is 0 Å².